The van der Waals surface area contributed by atoms with Crippen LogP contribution in [0.5, 0.6) is 0 Å². The van der Waals surface area contributed by atoms with Gasteiger partial charge in [-0.3, -0.25) is 0 Å². The molecule has 0 spiro atoms. The molecule has 1 aliphatic carbocycles. The monoisotopic (exact) mass is 285 g/mol. The molecular formula is C17H13ClFN. The Balaban J connectivity index is 2.05. The molecule has 0 bridgehead atoms. The first-order chi connectivity index (χ1) is 9.64. The largest absolute Gasteiger partial charge is 0.207 e. The van der Waals surface area contributed by atoms with Gasteiger partial charge in [0.05, 0.1) is 11.5 Å². The maximum absolute atomic E-state index is 13.9. The summed E-state index contributed by atoms with van der Waals surface area (Å²) in [5.41, 5.74) is 2.09. The van der Waals surface area contributed by atoms with Gasteiger partial charge < -0.3 is 0 Å². The third-order valence-corrected chi connectivity index (χ3v) is 4.30. The van der Waals surface area contributed by atoms with Crippen LogP contribution in [0.1, 0.15) is 23.1 Å². The second-order valence-electron chi connectivity index (χ2n) is 5.26. The maximum atomic E-state index is 13.9. The minimum absolute atomic E-state index is 0.298. The molecule has 0 aromatic heterocycles. The Kier molecular flexibility index (Phi) is 3.23. The Hall–Kier alpha value is -1.85. The molecule has 0 saturated carbocycles. The number of rotatable bonds is 2. The van der Waals surface area contributed by atoms with Gasteiger partial charge in [-0.15, -0.1) is 0 Å². The van der Waals surface area contributed by atoms with Crippen LogP contribution in [0.3, 0.4) is 0 Å². The smallest absolute Gasteiger partial charge is 0.126 e. The van der Waals surface area contributed by atoms with E-state index >= 15 is 0 Å². The van der Waals surface area contributed by atoms with E-state index in [1.165, 1.54) is 17.7 Å². The standard InChI is InChI=1S/C17H13ClFN/c18-14-5-6-16(19)13(9-14)10-17(11-20)8-7-12-3-1-2-4-15(12)17/h1-6,9H,7-8,10H2. The van der Waals surface area contributed by atoms with Crippen molar-refractivity contribution in [2.45, 2.75) is 24.7 Å². The average molecular weight is 286 g/mol. The van der Waals surface area contributed by atoms with Crippen molar-refractivity contribution >= 4 is 11.6 Å². The summed E-state index contributed by atoms with van der Waals surface area (Å²) in [5.74, 6) is -0.298. The summed E-state index contributed by atoms with van der Waals surface area (Å²) in [6.45, 7) is 0. The zero-order valence-electron chi connectivity index (χ0n) is 10.9. The van der Waals surface area contributed by atoms with Gasteiger partial charge in [-0.25, -0.2) is 4.39 Å². The molecule has 0 saturated heterocycles. The number of nitriles is 1. The Labute approximate surface area is 122 Å². The molecule has 0 fully saturated rings. The minimum atomic E-state index is -0.637. The molecule has 1 nitrogen and oxygen atoms in total. The molecular weight excluding hydrogens is 273 g/mol. The number of fused-ring (bicyclic) bond motifs is 1. The Morgan fingerprint density at radius 3 is 2.85 bits per heavy atom. The van der Waals surface area contributed by atoms with Crippen LogP contribution in [-0.4, -0.2) is 0 Å². The lowest BCUT2D eigenvalue weighted by Crippen LogP contribution is -2.24. The summed E-state index contributed by atoms with van der Waals surface area (Å²) < 4.78 is 13.9. The molecule has 0 heterocycles. The molecule has 1 atom stereocenters. The van der Waals surface area contributed by atoms with E-state index < -0.39 is 5.41 Å². The van der Waals surface area contributed by atoms with E-state index in [-0.39, 0.29) is 5.82 Å². The molecule has 0 radical (unpaired) electrons. The predicted molar refractivity (Wildman–Crippen MR) is 77.2 cm³/mol. The fourth-order valence-electron chi connectivity index (χ4n) is 3.03. The highest BCUT2D eigenvalue weighted by Crippen LogP contribution is 2.41. The first-order valence-corrected chi connectivity index (χ1v) is 6.96. The maximum Gasteiger partial charge on any atom is 0.126 e. The Bertz CT molecular complexity index is 704. The molecule has 0 amide bonds. The molecule has 100 valence electrons. The second kappa shape index (κ2) is 4.92. The Morgan fingerprint density at radius 1 is 1.25 bits per heavy atom. The predicted octanol–water partition coefficient (Wildman–Crippen LogP) is 4.43. The lowest BCUT2D eigenvalue weighted by Gasteiger charge is -2.22. The Morgan fingerprint density at radius 2 is 2.05 bits per heavy atom. The fourth-order valence-corrected chi connectivity index (χ4v) is 3.23. The third-order valence-electron chi connectivity index (χ3n) is 4.07. The highest BCUT2D eigenvalue weighted by molar-refractivity contribution is 6.30. The van der Waals surface area contributed by atoms with Crippen molar-refractivity contribution in [1.29, 1.82) is 5.26 Å². The van der Waals surface area contributed by atoms with Crippen molar-refractivity contribution < 1.29 is 4.39 Å². The number of nitrogens with zero attached hydrogens (tertiary/aromatic N) is 1. The van der Waals surface area contributed by atoms with E-state index in [1.54, 1.807) is 6.07 Å². The quantitative estimate of drug-likeness (QED) is 0.801. The van der Waals surface area contributed by atoms with Gasteiger partial charge in [0.1, 0.15) is 5.82 Å². The van der Waals surface area contributed by atoms with Crippen molar-refractivity contribution in [3.8, 4) is 6.07 Å². The summed E-state index contributed by atoms with van der Waals surface area (Å²) in [6, 6.07) is 14.9. The molecule has 0 aliphatic heterocycles. The highest BCUT2D eigenvalue weighted by Gasteiger charge is 2.39. The fraction of sp³-hybridized carbons (Fsp3) is 0.235. The normalized spacial score (nSPS) is 20.4. The summed E-state index contributed by atoms with van der Waals surface area (Å²) in [6.07, 6.45) is 1.97. The van der Waals surface area contributed by atoms with Crippen LogP contribution in [0.2, 0.25) is 5.02 Å². The summed E-state index contributed by atoms with van der Waals surface area (Å²) >= 11 is 5.94. The van der Waals surface area contributed by atoms with Crippen LogP contribution in [0.4, 0.5) is 4.39 Å². The van der Waals surface area contributed by atoms with Gasteiger partial charge in [-0.1, -0.05) is 35.9 Å². The van der Waals surface area contributed by atoms with Crippen LogP contribution in [0, 0.1) is 17.1 Å². The lowest BCUT2D eigenvalue weighted by molar-refractivity contribution is 0.517. The van der Waals surface area contributed by atoms with Crippen LogP contribution in [0.15, 0.2) is 42.5 Å². The molecule has 0 N–H and O–H groups in total. The van der Waals surface area contributed by atoms with E-state index in [4.69, 9.17) is 11.6 Å². The minimum Gasteiger partial charge on any atom is -0.207 e. The first-order valence-electron chi connectivity index (χ1n) is 6.58. The average Bonchev–Trinajstić information content (AvgIpc) is 2.83. The van der Waals surface area contributed by atoms with E-state index in [0.717, 1.165) is 18.4 Å². The van der Waals surface area contributed by atoms with Crippen LogP contribution >= 0.6 is 11.6 Å². The molecule has 20 heavy (non-hydrogen) atoms. The number of aryl methyl sites for hydroxylation is 1. The van der Waals surface area contributed by atoms with E-state index in [2.05, 4.69) is 6.07 Å². The highest BCUT2D eigenvalue weighted by atomic mass is 35.5. The van der Waals surface area contributed by atoms with Crippen molar-refractivity contribution in [2.24, 2.45) is 0 Å². The van der Waals surface area contributed by atoms with Crippen molar-refractivity contribution in [3.05, 3.63) is 70.0 Å². The van der Waals surface area contributed by atoms with E-state index in [0.29, 0.717) is 17.0 Å². The van der Waals surface area contributed by atoms with Crippen molar-refractivity contribution in [2.75, 3.05) is 0 Å². The topological polar surface area (TPSA) is 23.8 Å². The SMILES string of the molecule is N#CC1(Cc2cc(Cl)ccc2F)CCc2ccccc21. The summed E-state index contributed by atoms with van der Waals surface area (Å²) in [4.78, 5) is 0. The van der Waals surface area contributed by atoms with Crippen molar-refractivity contribution in [3.63, 3.8) is 0 Å². The van der Waals surface area contributed by atoms with Gasteiger partial charge in [0, 0.05) is 5.02 Å². The summed E-state index contributed by atoms with van der Waals surface area (Å²) in [7, 11) is 0. The zero-order chi connectivity index (χ0) is 14.2. The van der Waals surface area contributed by atoms with E-state index in [1.807, 2.05) is 24.3 Å². The van der Waals surface area contributed by atoms with Crippen LogP contribution < -0.4 is 0 Å². The second-order valence-corrected chi connectivity index (χ2v) is 5.70. The number of hydrogen-bond acceptors (Lipinski definition) is 1. The van der Waals surface area contributed by atoms with Gasteiger partial charge >= 0.3 is 0 Å². The molecule has 2 aromatic carbocycles. The van der Waals surface area contributed by atoms with E-state index in [9.17, 15) is 9.65 Å². The lowest BCUT2D eigenvalue weighted by atomic mass is 9.78. The van der Waals surface area contributed by atoms with Gasteiger partial charge in [-0.05, 0) is 54.2 Å². The first kappa shape index (κ1) is 13.1. The molecule has 1 aliphatic rings. The third kappa shape index (κ3) is 2.09. The van der Waals surface area contributed by atoms with Gasteiger partial charge in [0.15, 0.2) is 0 Å². The summed E-state index contributed by atoms with van der Waals surface area (Å²) in [5, 5.41) is 10.2. The molecule has 1 unspecified atom stereocenters. The molecule has 3 rings (SSSR count). The zero-order valence-corrected chi connectivity index (χ0v) is 11.6. The van der Waals surface area contributed by atoms with Crippen LogP contribution in [-0.2, 0) is 18.3 Å². The van der Waals surface area contributed by atoms with Gasteiger partial charge in [0.25, 0.3) is 0 Å². The van der Waals surface area contributed by atoms with Gasteiger partial charge in [0.2, 0.25) is 0 Å². The number of hydrogen-bond donors (Lipinski definition) is 0. The van der Waals surface area contributed by atoms with Crippen molar-refractivity contribution in [1.82, 2.24) is 0 Å². The van der Waals surface area contributed by atoms with Crippen LogP contribution in [0.25, 0.3) is 0 Å². The van der Waals surface area contributed by atoms with Gasteiger partial charge in [-0.2, -0.15) is 5.26 Å². The molecule has 3 heteroatoms. The number of benzene rings is 2. The number of halogens is 2. The molecule has 2 aromatic rings.